The number of carboxylic acids is 1. The largest absolute Gasteiger partial charge is 0.480 e. The van der Waals surface area contributed by atoms with E-state index in [1.165, 1.54) is 26.0 Å². The predicted octanol–water partition coefficient (Wildman–Crippen LogP) is 2.53. The van der Waals surface area contributed by atoms with Crippen molar-refractivity contribution in [3.8, 4) is 0 Å². The number of amides is 1. The minimum atomic E-state index is -1.66. The quantitative estimate of drug-likeness (QED) is 0.820. The molecule has 0 saturated carbocycles. The molecule has 92 valence electrons. The van der Waals surface area contributed by atoms with Crippen LogP contribution in [0.3, 0.4) is 0 Å². The smallest absolute Gasteiger partial charge is 0.318 e. The van der Waals surface area contributed by atoms with E-state index in [1.54, 1.807) is 0 Å². The Morgan fingerprint density at radius 3 is 2.47 bits per heavy atom. The molecule has 4 nitrogen and oxygen atoms in total. The molecule has 0 radical (unpaired) electrons. The molecule has 0 aliphatic heterocycles. The summed E-state index contributed by atoms with van der Waals surface area (Å²) in [5.41, 5.74) is -1.88. The van der Waals surface area contributed by atoms with Crippen LogP contribution in [0.5, 0.6) is 0 Å². The van der Waals surface area contributed by atoms with E-state index in [2.05, 4.69) is 5.32 Å². The number of anilines is 1. The van der Waals surface area contributed by atoms with Crippen molar-refractivity contribution >= 4 is 29.2 Å². The van der Waals surface area contributed by atoms with Crippen LogP contribution < -0.4 is 5.32 Å². The lowest BCUT2D eigenvalue weighted by Crippen LogP contribution is -2.38. The monoisotopic (exact) mass is 259 g/mol. The lowest BCUT2D eigenvalue weighted by molar-refractivity contribution is -0.151. The van der Waals surface area contributed by atoms with Gasteiger partial charge in [-0.1, -0.05) is 17.7 Å². The number of nitrogens with one attached hydrogen (secondary N) is 1. The van der Waals surface area contributed by atoms with Gasteiger partial charge in [-0.2, -0.15) is 0 Å². The number of rotatable bonds is 3. The Balaban J connectivity index is 3.00. The molecular weight excluding hydrogens is 249 g/mol. The Morgan fingerprint density at radius 2 is 2.00 bits per heavy atom. The number of hydrogen-bond acceptors (Lipinski definition) is 2. The van der Waals surface area contributed by atoms with Gasteiger partial charge in [-0.15, -0.1) is 0 Å². The van der Waals surface area contributed by atoms with Gasteiger partial charge in [-0.05, 0) is 26.0 Å². The molecule has 17 heavy (non-hydrogen) atoms. The molecule has 0 aliphatic rings. The number of carboxylic acid groups (broad SMARTS) is 1. The maximum absolute atomic E-state index is 13.4. The molecule has 0 spiro atoms. The molecule has 0 unspecified atom stereocenters. The van der Waals surface area contributed by atoms with E-state index >= 15 is 0 Å². The summed E-state index contributed by atoms with van der Waals surface area (Å²) in [5, 5.41) is 11.0. The second-order valence-electron chi connectivity index (χ2n) is 3.98. The summed E-state index contributed by atoms with van der Waals surface area (Å²) in [5.74, 6) is -2.86. The highest BCUT2D eigenvalue weighted by atomic mass is 35.5. The first-order valence-electron chi connectivity index (χ1n) is 4.75. The third-order valence-electron chi connectivity index (χ3n) is 2.30. The zero-order chi connectivity index (χ0) is 13.2. The van der Waals surface area contributed by atoms with Gasteiger partial charge in [0.05, 0.1) is 10.7 Å². The molecule has 0 heterocycles. The summed E-state index contributed by atoms with van der Waals surface area (Å²) >= 11 is 5.70. The summed E-state index contributed by atoms with van der Waals surface area (Å²) < 4.78 is 13.4. The van der Waals surface area contributed by atoms with Gasteiger partial charge < -0.3 is 10.4 Å². The van der Waals surface area contributed by atoms with Crippen LogP contribution in [0.15, 0.2) is 18.2 Å². The Kier molecular flexibility index (Phi) is 3.72. The first kappa shape index (κ1) is 13.4. The normalized spacial score (nSPS) is 11.1. The molecule has 2 N–H and O–H groups in total. The Labute approximate surface area is 102 Å². The van der Waals surface area contributed by atoms with Crippen LogP contribution >= 0.6 is 11.6 Å². The molecule has 0 saturated heterocycles. The third kappa shape index (κ3) is 2.74. The first-order valence-corrected chi connectivity index (χ1v) is 5.13. The van der Waals surface area contributed by atoms with Gasteiger partial charge in [-0.25, -0.2) is 4.39 Å². The summed E-state index contributed by atoms with van der Waals surface area (Å²) in [7, 11) is 0. The minimum absolute atomic E-state index is 0.0135. The maximum atomic E-state index is 13.4. The fraction of sp³-hybridized carbons (Fsp3) is 0.273. The number of carbonyl (C=O) groups excluding carboxylic acids is 1. The molecule has 1 amide bonds. The van der Waals surface area contributed by atoms with Gasteiger partial charge in [0.15, 0.2) is 0 Å². The van der Waals surface area contributed by atoms with E-state index in [1.807, 2.05) is 0 Å². The zero-order valence-corrected chi connectivity index (χ0v) is 10.0. The highest BCUT2D eigenvalue weighted by molar-refractivity contribution is 6.33. The fourth-order valence-electron chi connectivity index (χ4n) is 0.984. The van der Waals surface area contributed by atoms with Crippen LogP contribution in [0, 0.1) is 11.2 Å². The molecule has 0 aliphatic carbocycles. The van der Waals surface area contributed by atoms with Crippen LogP contribution in [0.4, 0.5) is 10.1 Å². The van der Waals surface area contributed by atoms with E-state index in [4.69, 9.17) is 16.7 Å². The molecule has 0 bridgehead atoms. The molecule has 6 heteroatoms. The van der Waals surface area contributed by atoms with Crippen molar-refractivity contribution in [3.05, 3.63) is 29.0 Å². The van der Waals surface area contributed by atoms with Crippen molar-refractivity contribution in [2.45, 2.75) is 13.8 Å². The third-order valence-corrected chi connectivity index (χ3v) is 2.62. The van der Waals surface area contributed by atoms with E-state index in [0.29, 0.717) is 0 Å². The summed E-state index contributed by atoms with van der Waals surface area (Å²) in [4.78, 5) is 22.5. The lowest BCUT2D eigenvalue weighted by atomic mass is 9.92. The standard InChI is InChI=1S/C11H11ClFNO3/c1-11(2,10(16)17)9(15)14-8-6(12)4-3-5-7(8)13/h3-5H,1-2H3,(H,14,15)(H,16,17). The van der Waals surface area contributed by atoms with Crippen LogP contribution in [0.25, 0.3) is 0 Å². The average molecular weight is 260 g/mol. The number of aliphatic carboxylic acids is 1. The van der Waals surface area contributed by atoms with E-state index < -0.39 is 23.1 Å². The van der Waals surface area contributed by atoms with Crippen molar-refractivity contribution in [1.82, 2.24) is 0 Å². The van der Waals surface area contributed by atoms with Gasteiger partial charge in [0.1, 0.15) is 11.2 Å². The maximum Gasteiger partial charge on any atom is 0.318 e. The van der Waals surface area contributed by atoms with E-state index in [9.17, 15) is 14.0 Å². The van der Waals surface area contributed by atoms with Crippen LogP contribution in [-0.4, -0.2) is 17.0 Å². The average Bonchev–Trinajstić information content (AvgIpc) is 2.23. The molecular formula is C11H11ClFNO3. The summed E-state index contributed by atoms with van der Waals surface area (Å²) in [6.45, 7) is 2.44. The lowest BCUT2D eigenvalue weighted by Gasteiger charge is -2.19. The van der Waals surface area contributed by atoms with Crippen LogP contribution in [-0.2, 0) is 9.59 Å². The number of carbonyl (C=O) groups is 2. The first-order chi connectivity index (χ1) is 7.76. The number of halogens is 2. The molecule has 1 aromatic carbocycles. The molecule has 0 aromatic heterocycles. The summed E-state index contributed by atoms with van der Waals surface area (Å²) in [6.07, 6.45) is 0. The van der Waals surface area contributed by atoms with Crippen molar-refractivity contribution in [3.63, 3.8) is 0 Å². The second-order valence-corrected chi connectivity index (χ2v) is 4.39. The van der Waals surface area contributed by atoms with Gasteiger partial charge in [0, 0.05) is 0 Å². The van der Waals surface area contributed by atoms with Crippen molar-refractivity contribution in [2.24, 2.45) is 5.41 Å². The predicted molar refractivity (Wildman–Crippen MR) is 61.5 cm³/mol. The zero-order valence-electron chi connectivity index (χ0n) is 9.25. The van der Waals surface area contributed by atoms with Gasteiger partial charge in [0.2, 0.25) is 5.91 Å². The topological polar surface area (TPSA) is 66.4 Å². The second kappa shape index (κ2) is 4.71. The van der Waals surface area contributed by atoms with E-state index in [0.717, 1.165) is 6.07 Å². The molecule has 1 rings (SSSR count). The molecule has 0 atom stereocenters. The number of hydrogen-bond donors (Lipinski definition) is 2. The van der Waals surface area contributed by atoms with E-state index in [-0.39, 0.29) is 10.7 Å². The van der Waals surface area contributed by atoms with Crippen molar-refractivity contribution < 1.29 is 19.1 Å². The number of para-hydroxylation sites is 1. The SMILES string of the molecule is CC(C)(C(=O)O)C(=O)Nc1c(F)cccc1Cl. The Hall–Kier alpha value is -1.62. The van der Waals surface area contributed by atoms with Crippen LogP contribution in [0.1, 0.15) is 13.8 Å². The number of benzene rings is 1. The molecule has 0 fully saturated rings. The Morgan fingerprint density at radius 1 is 1.41 bits per heavy atom. The highest BCUT2D eigenvalue weighted by Crippen LogP contribution is 2.27. The minimum Gasteiger partial charge on any atom is -0.480 e. The van der Waals surface area contributed by atoms with Crippen molar-refractivity contribution in [2.75, 3.05) is 5.32 Å². The van der Waals surface area contributed by atoms with Gasteiger partial charge >= 0.3 is 5.97 Å². The summed E-state index contributed by atoms with van der Waals surface area (Å²) in [6, 6.07) is 3.90. The van der Waals surface area contributed by atoms with Gasteiger partial charge in [-0.3, -0.25) is 9.59 Å². The van der Waals surface area contributed by atoms with Crippen LogP contribution in [0.2, 0.25) is 5.02 Å². The Bertz CT molecular complexity index is 454. The van der Waals surface area contributed by atoms with Crippen molar-refractivity contribution in [1.29, 1.82) is 0 Å². The van der Waals surface area contributed by atoms with Gasteiger partial charge in [0.25, 0.3) is 0 Å². The highest BCUT2D eigenvalue weighted by Gasteiger charge is 2.36. The molecule has 1 aromatic rings. The fourth-order valence-corrected chi connectivity index (χ4v) is 1.19.